The van der Waals surface area contributed by atoms with Gasteiger partial charge in [0, 0.05) is 13.1 Å². The molecule has 2 rings (SSSR count). The van der Waals surface area contributed by atoms with Crippen LogP contribution in [0.2, 0.25) is 0 Å². The first-order valence-electron chi connectivity index (χ1n) is 7.75. The first-order chi connectivity index (χ1) is 10.2. The van der Waals surface area contributed by atoms with Crippen LogP contribution in [0.25, 0.3) is 0 Å². The fourth-order valence-electron chi connectivity index (χ4n) is 2.66. The van der Waals surface area contributed by atoms with Gasteiger partial charge in [-0.25, -0.2) is 9.89 Å². The number of carbonyl (C=O) groups is 1. The molecule has 1 aromatic heterocycles. The Bertz CT molecular complexity index is 505. The Morgan fingerprint density at radius 1 is 1.43 bits per heavy atom. The topological polar surface area (TPSA) is 79.8 Å². The lowest BCUT2D eigenvalue weighted by atomic mass is 9.89. The summed E-state index contributed by atoms with van der Waals surface area (Å²) in [5, 5.41) is 9.99. The Labute approximate surface area is 129 Å². The molecule has 7 heteroatoms. The third kappa shape index (κ3) is 4.91. The molecule has 0 saturated heterocycles. The maximum atomic E-state index is 11.9. The van der Waals surface area contributed by atoms with Crippen LogP contribution < -0.4 is 11.0 Å². The molecule has 1 aliphatic rings. The summed E-state index contributed by atoms with van der Waals surface area (Å²) in [6, 6.07) is 0. The number of thioether (sulfide) groups is 1. The monoisotopic (exact) mass is 312 g/mol. The summed E-state index contributed by atoms with van der Waals surface area (Å²) in [5.41, 5.74) is -0.207. The zero-order valence-electron chi connectivity index (χ0n) is 12.6. The van der Waals surface area contributed by atoms with E-state index in [2.05, 4.69) is 15.5 Å². The highest BCUT2D eigenvalue weighted by atomic mass is 32.2. The van der Waals surface area contributed by atoms with Crippen molar-refractivity contribution >= 4 is 17.7 Å². The Hall–Kier alpha value is -1.24. The van der Waals surface area contributed by atoms with E-state index < -0.39 is 0 Å². The average Bonchev–Trinajstić information content (AvgIpc) is 2.85. The van der Waals surface area contributed by atoms with E-state index in [4.69, 9.17) is 0 Å². The van der Waals surface area contributed by atoms with Crippen molar-refractivity contribution in [2.45, 2.75) is 57.1 Å². The zero-order valence-corrected chi connectivity index (χ0v) is 13.4. The Morgan fingerprint density at radius 2 is 2.19 bits per heavy atom. The number of rotatable bonds is 7. The molecule has 0 spiro atoms. The lowest BCUT2D eigenvalue weighted by Gasteiger charge is -2.21. The minimum atomic E-state index is -0.207. The summed E-state index contributed by atoms with van der Waals surface area (Å²) in [4.78, 5) is 23.4. The summed E-state index contributed by atoms with van der Waals surface area (Å²) in [6.07, 6.45) is 7.21. The van der Waals surface area contributed by atoms with Gasteiger partial charge in [-0.3, -0.25) is 9.36 Å². The van der Waals surface area contributed by atoms with Crippen LogP contribution in [0.3, 0.4) is 0 Å². The van der Waals surface area contributed by atoms with Crippen molar-refractivity contribution in [2.75, 3.05) is 12.3 Å². The van der Waals surface area contributed by atoms with Gasteiger partial charge in [0.1, 0.15) is 0 Å². The van der Waals surface area contributed by atoms with Crippen LogP contribution in [0.5, 0.6) is 0 Å². The zero-order chi connectivity index (χ0) is 15.1. The summed E-state index contributed by atoms with van der Waals surface area (Å²) in [7, 11) is 0. The predicted molar refractivity (Wildman–Crippen MR) is 83.4 cm³/mol. The van der Waals surface area contributed by atoms with Crippen LogP contribution in [0.4, 0.5) is 0 Å². The number of carbonyl (C=O) groups excluding carboxylic acids is 1. The SMILES string of the molecule is CCCn1c(SCC(=O)NCC2CCCCC2)n[nH]c1=O. The lowest BCUT2D eigenvalue weighted by Crippen LogP contribution is -2.31. The van der Waals surface area contributed by atoms with Crippen LogP contribution in [-0.2, 0) is 11.3 Å². The molecule has 118 valence electrons. The highest BCUT2D eigenvalue weighted by Crippen LogP contribution is 2.22. The predicted octanol–water partition coefficient (Wildman–Crippen LogP) is 1.77. The quantitative estimate of drug-likeness (QED) is 0.752. The maximum absolute atomic E-state index is 11.9. The van der Waals surface area contributed by atoms with E-state index in [1.54, 1.807) is 4.57 Å². The van der Waals surface area contributed by atoms with Gasteiger partial charge in [0.25, 0.3) is 0 Å². The molecule has 0 atom stereocenters. The summed E-state index contributed by atoms with van der Waals surface area (Å²) >= 11 is 1.31. The molecular weight excluding hydrogens is 288 g/mol. The van der Waals surface area contributed by atoms with E-state index in [-0.39, 0.29) is 11.6 Å². The van der Waals surface area contributed by atoms with Crippen LogP contribution in [0, 0.1) is 5.92 Å². The number of amides is 1. The standard InChI is InChI=1S/C14H24N4O2S/c1-2-8-18-13(20)16-17-14(18)21-10-12(19)15-9-11-6-4-3-5-7-11/h11H,2-10H2,1H3,(H,15,19)(H,16,20). The number of hydrogen-bond donors (Lipinski definition) is 2. The van der Waals surface area contributed by atoms with Gasteiger partial charge in [0.2, 0.25) is 5.91 Å². The summed E-state index contributed by atoms with van der Waals surface area (Å²) < 4.78 is 1.58. The summed E-state index contributed by atoms with van der Waals surface area (Å²) in [6.45, 7) is 3.41. The van der Waals surface area contributed by atoms with Gasteiger partial charge in [0.05, 0.1) is 5.75 Å². The smallest absolute Gasteiger partial charge is 0.343 e. The van der Waals surface area contributed by atoms with E-state index in [1.165, 1.54) is 43.9 Å². The molecule has 1 saturated carbocycles. The first-order valence-corrected chi connectivity index (χ1v) is 8.74. The van der Waals surface area contributed by atoms with Crippen molar-refractivity contribution in [3.8, 4) is 0 Å². The molecule has 6 nitrogen and oxygen atoms in total. The number of hydrogen-bond acceptors (Lipinski definition) is 4. The van der Waals surface area contributed by atoms with Crippen molar-refractivity contribution < 1.29 is 4.79 Å². The van der Waals surface area contributed by atoms with Crippen molar-refractivity contribution in [1.82, 2.24) is 20.1 Å². The number of H-pyrrole nitrogens is 1. The molecule has 0 bridgehead atoms. The van der Waals surface area contributed by atoms with Crippen LogP contribution >= 0.6 is 11.8 Å². The Balaban J connectivity index is 1.74. The fourth-order valence-corrected chi connectivity index (χ4v) is 3.47. The third-order valence-electron chi connectivity index (χ3n) is 3.82. The van der Waals surface area contributed by atoms with E-state index in [0.29, 0.717) is 23.4 Å². The van der Waals surface area contributed by atoms with E-state index in [0.717, 1.165) is 13.0 Å². The third-order valence-corrected chi connectivity index (χ3v) is 4.79. The second-order valence-electron chi connectivity index (χ2n) is 5.56. The average molecular weight is 312 g/mol. The molecule has 1 fully saturated rings. The van der Waals surface area contributed by atoms with Crippen molar-refractivity contribution in [3.05, 3.63) is 10.5 Å². The Morgan fingerprint density at radius 3 is 2.90 bits per heavy atom. The largest absolute Gasteiger partial charge is 0.355 e. The second-order valence-corrected chi connectivity index (χ2v) is 6.50. The molecule has 0 unspecified atom stereocenters. The van der Waals surface area contributed by atoms with Crippen molar-refractivity contribution in [3.63, 3.8) is 0 Å². The lowest BCUT2D eigenvalue weighted by molar-refractivity contribution is -0.118. The highest BCUT2D eigenvalue weighted by molar-refractivity contribution is 7.99. The number of nitrogens with one attached hydrogen (secondary N) is 2. The number of aromatic amines is 1. The van der Waals surface area contributed by atoms with Crippen LogP contribution in [0.1, 0.15) is 45.4 Å². The van der Waals surface area contributed by atoms with Crippen molar-refractivity contribution in [2.24, 2.45) is 5.92 Å². The molecule has 2 N–H and O–H groups in total. The van der Waals surface area contributed by atoms with Gasteiger partial charge >= 0.3 is 5.69 Å². The maximum Gasteiger partial charge on any atom is 0.343 e. The van der Waals surface area contributed by atoms with E-state index >= 15 is 0 Å². The molecule has 0 aromatic carbocycles. The molecular formula is C14H24N4O2S. The number of aromatic nitrogens is 3. The highest BCUT2D eigenvalue weighted by Gasteiger charge is 2.15. The molecule has 1 aromatic rings. The van der Waals surface area contributed by atoms with Crippen LogP contribution in [0.15, 0.2) is 9.95 Å². The summed E-state index contributed by atoms with van der Waals surface area (Å²) in [5.74, 6) is 0.959. The fraction of sp³-hybridized carbons (Fsp3) is 0.786. The molecule has 0 radical (unpaired) electrons. The van der Waals surface area contributed by atoms with Gasteiger partial charge in [-0.15, -0.1) is 5.10 Å². The normalized spacial score (nSPS) is 16.0. The Kier molecular flexibility index (Phi) is 6.35. The van der Waals surface area contributed by atoms with Gasteiger partial charge in [-0.05, 0) is 25.2 Å². The van der Waals surface area contributed by atoms with Crippen molar-refractivity contribution in [1.29, 1.82) is 0 Å². The van der Waals surface area contributed by atoms with Gasteiger partial charge < -0.3 is 5.32 Å². The van der Waals surface area contributed by atoms with Gasteiger partial charge in [0.15, 0.2) is 5.16 Å². The molecule has 21 heavy (non-hydrogen) atoms. The second kappa shape index (κ2) is 8.26. The number of nitrogens with zero attached hydrogens (tertiary/aromatic N) is 2. The van der Waals surface area contributed by atoms with Crippen LogP contribution in [-0.4, -0.2) is 33.0 Å². The van der Waals surface area contributed by atoms with E-state index in [1.807, 2.05) is 6.92 Å². The van der Waals surface area contributed by atoms with Gasteiger partial charge in [-0.1, -0.05) is 37.9 Å². The molecule has 1 aliphatic carbocycles. The molecule has 1 amide bonds. The van der Waals surface area contributed by atoms with Gasteiger partial charge in [-0.2, -0.15) is 0 Å². The minimum absolute atomic E-state index is 0.0177. The first kappa shape index (κ1) is 16.1. The van der Waals surface area contributed by atoms with E-state index in [9.17, 15) is 9.59 Å². The minimum Gasteiger partial charge on any atom is -0.355 e. The molecule has 1 heterocycles. The molecule has 0 aliphatic heterocycles.